The lowest BCUT2D eigenvalue weighted by Crippen LogP contribution is -2.08. The second-order valence-electron chi connectivity index (χ2n) is 4.77. The minimum absolute atomic E-state index is 0.255. The zero-order valence-electron chi connectivity index (χ0n) is 9.99. The number of nitrogens with two attached hydrogens (primary N) is 1. The maximum Gasteiger partial charge on any atom is 0.163 e. The fourth-order valence-corrected chi connectivity index (χ4v) is 2.73. The topological polar surface area (TPSA) is 43.1 Å². The molecule has 0 spiro atoms. The van der Waals surface area contributed by atoms with E-state index in [2.05, 4.69) is 13.8 Å². The van der Waals surface area contributed by atoms with Crippen LogP contribution in [-0.4, -0.2) is 5.78 Å². The first-order valence-electron chi connectivity index (χ1n) is 6.06. The van der Waals surface area contributed by atoms with Crippen molar-refractivity contribution in [1.29, 1.82) is 0 Å². The molecule has 0 aliphatic heterocycles. The molecule has 2 heteroatoms. The fourth-order valence-electron chi connectivity index (χ4n) is 2.73. The van der Waals surface area contributed by atoms with Gasteiger partial charge in [0.05, 0.1) is 0 Å². The monoisotopic (exact) mass is 217 g/mol. The molecule has 1 aromatic rings. The molecule has 0 saturated heterocycles. The molecule has 0 bridgehead atoms. The van der Waals surface area contributed by atoms with Gasteiger partial charge in [-0.05, 0) is 36.0 Å². The predicted octanol–water partition coefficient (Wildman–Crippen LogP) is 3.38. The van der Waals surface area contributed by atoms with E-state index in [0.29, 0.717) is 23.9 Å². The number of fused-ring (bicyclic) bond motifs is 1. The van der Waals surface area contributed by atoms with Crippen LogP contribution < -0.4 is 5.73 Å². The van der Waals surface area contributed by atoms with Gasteiger partial charge >= 0.3 is 0 Å². The maximum absolute atomic E-state index is 12.0. The maximum atomic E-state index is 12.0. The Labute approximate surface area is 96.8 Å². The molecule has 0 aromatic heterocycles. The second-order valence-corrected chi connectivity index (χ2v) is 4.77. The average molecular weight is 217 g/mol. The number of nitrogen functional groups attached to an aromatic ring is 1. The second kappa shape index (κ2) is 4.28. The van der Waals surface area contributed by atoms with E-state index >= 15 is 0 Å². The molecule has 0 heterocycles. The van der Waals surface area contributed by atoms with Gasteiger partial charge in [-0.15, -0.1) is 0 Å². The molecule has 1 aromatic carbocycles. The number of benzene rings is 1. The molecular weight excluding hydrogens is 198 g/mol. The van der Waals surface area contributed by atoms with E-state index in [-0.39, 0.29) is 5.78 Å². The van der Waals surface area contributed by atoms with E-state index in [1.807, 2.05) is 18.2 Å². The van der Waals surface area contributed by atoms with Gasteiger partial charge in [0, 0.05) is 17.7 Å². The van der Waals surface area contributed by atoms with Gasteiger partial charge in [-0.3, -0.25) is 4.79 Å². The van der Waals surface area contributed by atoms with Gasteiger partial charge in [0.15, 0.2) is 5.78 Å². The van der Waals surface area contributed by atoms with Gasteiger partial charge in [-0.2, -0.15) is 0 Å². The Balaban J connectivity index is 2.49. The molecule has 0 radical (unpaired) electrons. The number of carbonyl (C=O) groups excluding carboxylic acids is 1. The normalized spacial score (nSPS) is 25.0. The van der Waals surface area contributed by atoms with Crippen LogP contribution in [0.4, 0.5) is 5.69 Å². The van der Waals surface area contributed by atoms with Gasteiger partial charge in [0.1, 0.15) is 0 Å². The summed E-state index contributed by atoms with van der Waals surface area (Å²) < 4.78 is 0. The molecule has 0 saturated carbocycles. The van der Waals surface area contributed by atoms with E-state index in [9.17, 15) is 4.79 Å². The van der Waals surface area contributed by atoms with E-state index < -0.39 is 0 Å². The number of Topliss-reactive ketones (excluding diaryl/α,β-unsaturated/α-hetero) is 1. The van der Waals surface area contributed by atoms with Crippen LogP contribution in [0.5, 0.6) is 0 Å². The van der Waals surface area contributed by atoms with Crippen molar-refractivity contribution in [2.24, 2.45) is 5.92 Å². The number of rotatable bonds is 1. The number of hydrogen-bond acceptors (Lipinski definition) is 2. The average Bonchev–Trinajstić information content (AvgIpc) is 2.39. The summed E-state index contributed by atoms with van der Waals surface area (Å²) in [5.74, 6) is 1.34. The van der Waals surface area contributed by atoms with Gasteiger partial charge < -0.3 is 5.73 Å². The highest BCUT2D eigenvalue weighted by Crippen LogP contribution is 2.36. The SMILES string of the molecule is CCC1CCC(=O)c2cc(N)ccc2C1C. The molecular formula is C14H19NO. The lowest BCUT2D eigenvalue weighted by atomic mass is 9.84. The first kappa shape index (κ1) is 11.2. The summed E-state index contributed by atoms with van der Waals surface area (Å²) in [6, 6.07) is 5.77. The van der Waals surface area contributed by atoms with Crippen molar-refractivity contribution in [1.82, 2.24) is 0 Å². The highest BCUT2D eigenvalue weighted by molar-refractivity contribution is 5.98. The smallest absolute Gasteiger partial charge is 0.163 e. The van der Waals surface area contributed by atoms with Crippen LogP contribution in [0, 0.1) is 5.92 Å². The van der Waals surface area contributed by atoms with Gasteiger partial charge in [0.2, 0.25) is 0 Å². The lowest BCUT2D eigenvalue weighted by molar-refractivity contribution is 0.0978. The first-order valence-corrected chi connectivity index (χ1v) is 6.06. The molecule has 2 N–H and O–H groups in total. The Kier molecular flexibility index (Phi) is 2.99. The van der Waals surface area contributed by atoms with Crippen LogP contribution in [0.3, 0.4) is 0 Å². The Hall–Kier alpha value is -1.31. The van der Waals surface area contributed by atoms with Gasteiger partial charge in [0.25, 0.3) is 0 Å². The van der Waals surface area contributed by atoms with Crippen molar-refractivity contribution in [3.8, 4) is 0 Å². The zero-order valence-corrected chi connectivity index (χ0v) is 9.99. The molecule has 2 atom stereocenters. The van der Waals surface area contributed by atoms with Crippen molar-refractivity contribution in [2.75, 3.05) is 5.73 Å². The molecule has 2 rings (SSSR count). The minimum atomic E-state index is 0.255. The first-order chi connectivity index (χ1) is 7.63. The molecule has 1 aliphatic carbocycles. The third kappa shape index (κ3) is 1.84. The molecule has 86 valence electrons. The molecule has 0 amide bonds. The standard InChI is InChI=1S/C14H19NO/c1-3-10-4-7-14(16)13-8-11(15)5-6-12(13)9(10)2/h5-6,8-10H,3-4,7,15H2,1-2H3. The van der Waals surface area contributed by atoms with Crippen LogP contribution in [0.1, 0.15) is 54.9 Å². The van der Waals surface area contributed by atoms with Crippen molar-refractivity contribution in [2.45, 2.75) is 39.0 Å². The van der Waals surface area contributed by atoms with E-state index in [1.54, 1.807) is 0 Å². The summed E-state index contributed by atoms with van der Waals surface area (Å²) in [7, 11) is 0. The Morgan fingerprint density at radius 1 is 1.44 bits per heavy atom. The highest BCUT2D eigenvalue weighted by atomic mass is 16.1. The largest absolute Gasteiger partial charge is 0.399 e. The summed E-state index contributed by atoms with van der Waals surface area (Å²) in [5, 5.41) is 0. The Morgan fingerprint density at radius 2 is 2.19 bits per heavy atom. The number of carbonyl (C=O) groups is 1. The quantitative estimate of drug-likeness (QED) is 0.579. The lowest BCUT2D eigenvalue weighted by Gasteiger charge is -2.21. The summed E-state index contributed by atoms with van der Waals surface area (Å²) in [6.45, 7) is 4.43. The number of anilines is 1. The van der Waals surface area contributed by atoms with Crippen molar-refractivity contribution < 1.29 is 4.79 Å². The molecule has 2 nitrogen and oxygen atoms in total. The summed E-state index contributed by atoms with van der Waals surface area (Å²) >= 11 is 0. The molecule has 2 unspecified atom stereocenters. The highest BCUT2D eigenvalue weighted by Gasteiger charge is 2.26. The Bertz CT molecular complexity index is 411. The summed E-state index contributed by atoms with van der Waals surface area (Å²) in [6.07, 6.45) is 2.81. The number of hydrogen-bond donors (Lipinski definition) is 1. The molecule has 1 aliphatic rings. The van der Waals surface area contributed by atoms with Crippen molar-refractivity contribution in [3.63, 3.8) is 0 Å². The Morgan fingerprint density at radius 3 is 2.88 bits per heavy atom. The van der Waals surface area contributed by atoms with Gasteiger partial charge in [-0.25, -0.2) is 0 Å². The van der Waals surface area contributed by atoms with Crippen LogP contribution >= 0.6 is 0 Å². The van der Waals surface area contributed by atoms with Crippen LogP contribution in [0.25, 0.3) is 0 Å². The third-order valence-electron chi connectivity index (χ3n) is 3.84. The van der Waals surface area contributed by atoms with Crippen LogP contribution in [0.2, 0.25) is 0 Å². The van der Waals surface area contributed by atoms with Crippen molar-refractivity contribution in [3.05, 3.63) is 29.3 Å². The molecule has 16 heavy (non-hydrogen) atoms. The van der Waals surface area contributed by atoms with Gasteiger partial charge in [-0.1, -0.05) is 26.3 Å². The zero-order chi connectivity index (χ0) is 11.7. The van der Waals surface area contributed by atoms with Crippen LogP contribution in [-0.2, 0) is 0 Å². The van der Waals surface area contributed by atoms with Crippen molar-refractivity contribution >= 4 is 11.5 Å². The summed E-state index contributed by atoms with van der Waals surface area (Å²) in [5.41, 5.74) is 8.48. The van der Waals surface area contributed by atoms with Crippen LogP contribution in [0.15, 0.2) is 18.2 Å². The minimum Gasteiger partial charge on any atom is -0.399 e. The number of ketones is 1. The predicted molar refractivity (Wildman–Crippen MR) is 66.6 cm³/mol. The van der Waals surface area contributed by atoms with E-state index in [0.717, 1.165) is 18.4 Å². The molecule has 0 fully saturated rings. The van der Waals surface area contributed by atoms with E-state index in [4.69, 9.17) is 5.73 Å². The van der Waals surface area contributed by atoms with E-state index in [1.165, 1.54) is 5.56 Å². The fraction of sp³-hybridized carbons (Fsp3) is 0.500. The third-order valence-corrected chi connectivity index (χ3v) is 3.84. The summed E-state index contributed by atoms with van der Waals surface area (Å²) in [4.78, 5) is 12.0.